The van der Waals surface area contributed by atoms with Gasteiger partial charge in [0.2, 0.25) is 0 Å². The van der Waals surface area contributed by atoms with E-state index in [9.17, 15) is 15.0 Å². The summed E-state index contributed by atoms with van der Waals surface area (Å²) in [6, 6.07) is 9.08. The molecule has 3 atom stereocenters. The maximum Gasteiger partial charge on any atom is 0.331 e. The molecule has 5 rings (SSSR count). The van der Waals surface area contributed by atoms with E-state index in [1.807, 2.05) is 6.07 Å². The zero-order valence-electron chi connectivity index (χ0n) is 17.6. The zero-order valence-corrected chi connectivity index (χ0v) is 17.6. The zero-order chi connectivity index (χ0) is 21.5. The maximum atomic E-state index is 12.5. The van der Waals surface area contributed by atoms with E-state index >= 15 is 0 Å². The van der Waals surface area contributed by atoms with Crippen LogP contribution in [0.3, 0.4) is 0 Å². The van der Waals surface area contributed by atoms with Gasteiger partial charge in [0.05, 0.1) is 7.11 Å². The first kappa shape index (κ1) is 19.9. The van der Waals surface area contributed by atoms with Gasteiger partial charge >= 0.3 is 5.97 Å². The summed E-state index contributed by atoms with van der Waals surface area (Å²) in [4.78, 5) is 15.0. The molecule has 0 saturated carbocycles. The van der Waals surface area contributed by atoms with Crippen LogP contribution in [0.5, 0.6) is 17.2 Å². The lowest BCUT2D eigenvalue weighted by Crippen LogP contribution is -2.49. The highest BCUT2D eigenvalue weighted by Crippen LogP contribution is 2.47. The second kappa shape index (κ2) is 7.93. The van der Waals surface area contributed by atoms with Gasteiger partial charge < -0.3 is 19.7 Å². The second-order valence-electron chi connectivity index (χ2n) is 8.65. The van der Waals surface area contributed by atoms with Crippen LogP contribution < -0.4 is 4.74 Å². The number of phenolic OH excluding ortho intramolecular Hbond substituents is 2. The number of methoxy groups -OCH3 is 1. The van der Waals surface area contributed by atoms with Gasteiger partial charge in [0.25, 0.3) is 0 Å². The summed E-state index contributed by atoms with van der Waals surface area (Å²) < 4.78 is 11.2. The first-order valence-electron chi connectivity index (χ1n) is 10.9. The van der Waals surface area contributed by atoms with Gasteiger partial charge in [0.15, 0.2) is 11.5 Å². The Bertz CT molecular complexity index is 1050. The SMILES string of the molecule is COc1cc2c(cc1O)C1CC(CC3CCCCN31)OC(=O)/C=C\c1ccc(O)c-2c1. The van der Waals surface area contributed by atoms with Gasteiger partial charge in [-0.15, -0.1) is 0 Å². The van der Waals surface area contributed by atoms with Crippen LogP contribution in [0.25, 0.3) is 17.2 Å². The molecule has 0 radical (unpaired) electrons. The van der Waals surface area contributed by atoms with Gasteiger partial charge in [0.1, 0.15) is 11.9 Å². The molecule has 0 amide bonds. The molecule has 6 nitrogen and oxygen atoms in total. The molecule has 2 aromatic carbocycles. The fourth-order valence-electron chi connectivity index (χ4n) is 5.37. The van der Waals surface area contributed by atoms with Gasteiger partial charge in [-0.05, 0) is 66.4 Å². The van der Waals surface area contributed by atoms with Crippen LogP contribution in [0.2, 0.25) is 0 Å². The number of rotatable bonds is 1. The Labute approximate surface area is 181 Å². The van der Waals surface area contributed by atoms with Gasteiger partial charge in [-0.25, -0.2) is 4.79 Å². The summed E-state index contributed by atoms with van der Waals surface area (Å²) in [5, 5.41) is 21.4. The Morgan fingerprint density at radius 3 is 2.74 bits per heavy atom. The molecule has 3 heterocycles. The molecule has 162 valence electrons. The van der Waals surface area contributed by atoms with Crippen LogP contribution in [-0.2, 0) is 9.53 Å². The summed E-state index contributed by atoms with van der Waals surface area (Å²) >= 11 is 0. The van der Waals surface area contributed by atoms with Crippen LogP contribution in [0.4, 0.5) is 0 Å². The number of nitrogens with zero attached hydrogens (tertiary/aromatic N) is 1. The largest absolute Gasteiger partial charge is 0.507 e. The Balaban J connectivity index is 1.75. The molecule has 4 bridgehead atoms. The second-order valence-corrected chi connectivity index (χ2v) is 8.65. The van der Waals surface area contributed by atoms with Crippen molar-refractivity contribution in [2.75, 3.05) is 13.7 Å². The molecule has 3 aliphatic rings. The standard InChI is InChI=1S/C25H27NO5/c1-30-24-14-18-19(13-23(24)28)21-12-17(11-16-4-2-3-9-26(16)21)31-25(29)8-6-15-5-7-22(27)20(18)10-15/h5-8,10,13-14,16-17,21,27-28H,2-4,9,11-12H2,1H3/b8-6-. The lowest BCUT2D eigenvalue weighted by Gasteiger charge is -2.48. The highest BCUT2D eigenvalue weighted by molar-refractivity contribution is 5.88. The van der Waals surface area contributed by atoms with E-state index in [-0.39, 0.29) is 29.6 Å². The molecule has 3 aliphatic heterocycles. The van der Waals surface area contributed by atoms with Crippen molar-refractivity contribution < 1.29 is 24.5 Å². The summed E-state index contributed by atoms with van der Waals surface area (Å²) in [7, 11) is 1.52. The van der Waals surface area contributed by atoms with E-state index in [0.717, 1.165) is 48.9 Å². The average Bonchev–Trinajstić information content (AvgIpc) is 2.77. The van der Waals surface area contributed by atoms with Crippen LogP contribution in [-0.4, -0.2) is 46.9 Å². The van der Waals surface area contributed by atoms with Gasteiger partial charge in [0, 0.05) is 36.6 Å². The van der Waals surface area contributed by atoms with Gasteiger partial charge in [-0.2, -0.15) is 0 Å². The summed E-state index contributed by atoms with van der Waals surface area (Å²) in [6.07, 6.45) is 7.80. The predicted octanol–water partition coefficient (Wildman–Crippen LogP) is 4.40. The number of aromatic hydroxyl groups is 2. The number of phenols is 2. The lowest BCUT2D eigenvalue weighted by molar-refractivity contribution is -0.148. The van der Waals surface area contributed by atoms with Crippen molar-refractivity contribution in [3.05, 3.63) is 47.5 Å². The highest BCUT2D eigenvalue weighted by Gasteiger charge is 2.40. The summed E-state index contributed by atoms with van der Waals surface area (Å²) in [5.74, 6) is 0.228. The van der Waals surface area contributed by atoms with Crippen LogP contribution >= 0.6 is 0 Å². The third-order valence-electron chi connectivity index (χ3n) is 6.81. The Morgan fingerprint density at radius 1 is 1.03 bits per heavy atom. The molecular weight excluding hydrogens is 394 g/mol. The molecule has 31 heavy (non-hydrogen) atoms. The first-order valence-corrected chi connectivity index (χ1v) is 10.9. The van der Waals surface area contributed by atoms with E-state index in [1.165, 1.54) is 13.2 Å². The first-order chi connectivity index (χ1) is 15.0. The van der Waals surface area contributed by atoms with Crippen molar-refractivity contribution in [2.24, 2.45) is 0 Å². The number of carbonyl (C=O) groups excluding carboxylic acids is 1. The molecule has 0 aromatic heterocycles. The quantitative estimate of drug-likeness (QED) is 0.665. The fourth-order valence-corrected chi connectivity index (χ4v) is 5.37. The van der Waals surface area contributed by atoms with Crippen molar-refractivity contribution in [2.45, 2.75) is 50.3 Å². The molecule has 2 N–H and O–H groups in total. The highest BCUT2D eigenvalue weighted by atomic mass is 16.5. The Kier molecular flexibility index (Phi) is 5.10. The topological polar surface area (TPSA) is 79.2 Å². The molecule has 3 unspecified atom stereocenters. The Morgan fingerprint density at radius 2 is 1.90 bits per heavy atom. The number of carbonyl (C=O) groups is 1. The smallest absolute Gasteiger partial charge is 0.331 e. The number of hydrogen-bond acceptors (Lipinski definition) is 6. The monoisotopic (exact) mass is 421 g/mol. The number of hydrogen-bond donors (Lipinski definition) is 2. The minimum atomic E-state index is -0.346. The molecule has 6 heteroatoms. The minimum Gasteiger partial charge on any atom is -0.507 e. The third kappa shape index (κ3) is 3.65. The number of benzene rings is 2. The fraction of sp³-hybridized carbons (Fsp3) is 0.400. The van der Waals surface area contributed by atoms with E-state index in [1.54, 1.807) is 30.3 Å². The number of piperidine rings is 2. The normalized spacial score (nSPS) is 26.5. The molecule has 2 saturated heterocycles. The van der Waals surface area contributed by atoms with Crippen LogP contribution in [0, 0.1) is 0 Å². The summed E-state index contributed by atoms with van der Waals surface area (Å²) in [6.45, 7) is 0.966. The number of esters is 1. The van der Waals surface area contributed by atoms with E-state index in [2.05, 4.69) is 4.90 Å². The predicted molar refractivity (Wildman–Crippen MR) is 117 cm³/mol. The van der Waals surface area contributed by atoms with Crippen molar-refractivity contribution in [1.82, 2.24) is 4.90 Å². The van der Waals surface area contributed by atoms with Gasteiger partial charge in [-0.3, -0.25) is 4.90 Å². The molecular formula is C25H27NO5. The van der Waals surface area contributed by atoms with E-state index in [4.69, 9.17) is 9.47 Å². The van der Waals surface area contributed by atoms with Crippen LogP contribution in [0.15, 0.2) is 36.4 Å². The molecule has 0 aliphatic carbocycles. The minimum absolute atomic E-state index is 0.0323. The Hall–Kier alpha value is -2.99. The molecule has 2 fully saturated rings. The van der Waals surface area contributed by atoms with Crippen LogP contribution in [0.1, 0.15) is 49.3 Å². The summed E-state index contributed by atoms with van der Waals surface area (Å²) in [5.41, 5.74) is 3.18. The van der Waals surface area contributed by atoms with Crippen molar-refractivity contribution >= 4 is 12.0 Å². The number of ether oxygens (including phenoxy) is 2. The van der Waals surface area contributed by atoms with Crippen molar-refractivity contribution in [1.29, 1.82) is 0 Å². The molecule has 2 aromatic rings. The third-order valence-corrected chi connectivity index (χ3v) is 6.81. The molecule has 0 spiro atoms. The number of fused-ring (bicyclic) bond motifs is 9. The van der Waals surface area contributed by atoms with E-state index in [0.29, 0.717) is 23.8 Å². The average molecular weight is 421 g/mol. The van der Waals surface area contributed by atoms with Gasteiger partial charge in [-0.1, -0.05) is 12.5 Å². The van der Waals surface area contributed by atoms with Crippen molar-refractivity contribution in [3.8, 4) is 28.4 Å². The van der Waals surface area contributed by atoms with Crippen molar-refractivity contribution in [3.63, 3.8) is 0 Å². The lowest BCUT2D eigenvalue weighted by atomic mass is 9.81. The maximum absolute atomic E-state index is 12.5. The van der Waals surface area contributed by atoms with E-state index < -0.39 is 0 Å².